The van der Waals surface area contributed by atoms with Crippen LogP contribution in [0.25, 0.3) is 0 Å². The molecular formula is C20H21ClN2O5. The number of hydrogen-bond acceptors (Lipinski definition) is 5. The van der Waals surface area contributed by atoms with Gasteiger partial charge in [0.05, 0.1) is 16.5 Å². The predicted octanol–water partition coefficient (Wildman–Crippen LogP) is 4.48. The fourth-order valence-electron chi connectivity index (χ4n) is 2.73. The van der Waals surface area contributed by atoms with Gasteiger partial charge in [-0.25, -0.2) is 0 Å². The highest BCUT2D eigenvalue weighted by atomic mass is 35.5. The fourth-order valence-corrected chi connectivity index (χ4v) is 2.86. The summed E-state index contributed by atoms with van der Waals surface area (Å²) in [5.74, 6) is -1.68. The van der Waals surface area contributed by atoms with Crippen LogP contribution >= 0.6 is 11.6 Å². The molecule has 1 N–H and O–H groups in total. The Morgan fingerprint density at radius 2 is 1.82 bits per heavy atom. The number of benzene rings is 2. The quantitative estimate of drug-likeness (QED) is 0.416. The van der Waals surface area contributed by atoms with Gasteiger partial charge in [-0.1, -0.05) is 43.6 Å². The number of anilines is 1. The Kier molecular flexibility index (Phi) is 7.12. The van der Waals surface area contributed by atoms with E-state index in [0.717, 1.165) is 5.56 Å². The van der Waals surface area contributed by atoms with E-state index in [4.69, 9.17) is 16.3 Å². The third-order valence-corrected chi connectivity index (χ3v) is 4.45. The molecule has 8 heteroatoms. The number of carbonyl (C=O) groups is 2. The molecule has 0 aliphatic rings. The van der Waals surface area contributed by atoms with E-state index in [1.165, 1.54) is 18.2 Å². The molecule has 7 nitrogen and oxygen atoms in total. The molecule has 0 fully saturated rings. The fraction of sp³-hybridized carbons (Fsp3) is 0.300. The summed E-state index contributed by atoms with van der Waals surface area (Å²) < 4.78 is 5.18. The lowest BCUT2D eigenvalue weighted by Crippen LogP contribution is -2.26. The molecule has 28 heavy (non-hydrogen) atoms. The average molecular weight is 405 g/mol. The van der Waals surface area contributed by atoms with E-state index >= 15 is 0 Å². The molecule has 1 atom stereocenters. The SMILES string of the molecule is Cc1ccc([N+](=O)[O-])cc1NC(=O)COC(=O)C(c1ccc(Cl)cc1)C(C)C. The molecule has 0 spiro atoms. The summed E-state index contributed by atoms with van der Waals surface area (Å²) in [4.78, 5) is 35.0. The van der Waals surface area contributed by atoms with Crippen LogP contribution in [0, 0.1) is 23.0 Å². The first-order valence-electron chi connectivity index (χ1n) is 8.66. The van der Waals surface area contributed by atoms with E-state index in [2.05, 4.69) is 5.32 Å². The van der Waals surface area contributed by atoms with Gasteiger partial charge in [0, 0.05) is 17.2 Å². The minimum atomic E-state index is -0.574. The van der Waals surface area contributed by atoms with Crippen molar-refractivity contribution in [3.05, 3.63) is 68.7 Å². The number of hydrogen-bond donors (Lipinski definition) is 1. The molecule has 0 heterocycles. The van der Waals surface area contributed by atoms with Crippen molar-refractivity contribution >= 4 is 34.9 Å². The topological polar surface area (TPSA) is 98.5 Å². The zero-order valence-corrected chi connectivity index (χ0v) is 16.5. The largest absolute Gasteiger partial charge is 0.455 e. The minimum absolute atomic E-state index is 0.0456. The smallest absolute Gasteiger partial charge is 0.314 e. The molecule has 148 valence electrons. The summed E-state index contributed by atoms with van der Waals surface area (Å²) in [5.41, 5.74) is 1.57. The van der Waals surface area contributed by atoms with Crippen LogP contribution in [0.15, 0.2) is 42.5 Å². The van der Waals surface area contributed by atoms with Crippen LogP contribution in [0.3, 0.4) is 0 Å². The van der Waals surface area contributed by atoms with Crippen LogP contribution in [0.2, 0.25) is 5.02 Å². The number of carbonyl (C=O) groups excluding carboxylic acids is 2. The van der Waals surface area contributed by atoms with Crippen molar-refractivity contribution in [3.8, 4) is 0 Å². The van der Waals surface area contributed by atoms with Gasteiger partial charge in [0.2, 0.25) is 0 Å². The van der Waals surface area contributed by atoms with Crippen molar-refractivity contribution in [1.82, 2.24) is 0 Å². The van der Waals surface area contributed by atoms with Crippen LogP contribution in [0.1, 0.15) is 30.9 Å². The maximum Gasteiger partial charge on any atom is 0.314 e. The summed E-state index contributed by atoms with van der Waals surface area (Å²) in [5, 5.41) is 14.0. The van der Waals surface area contributed by atoms with Gasteiger partial charge in [-0.3, -0.25) is 19.7 Å². The maximum absolute atomic E-state index is 12.5. The number of nitro groups is 1. The molecule has 0 saturated carbocycles. The van der Waals surface area contributed by atoms with Gasteiger partial charge >= 0.3 is 5.97 Å². The highest BCUT2D eigenvalue weighted by Gasteiger charge is 2.26. The van der Waals surface area contributed by atoms with Crippen molar-refractivity contribution in [1.29, 1.82) is 0 Å². The molecule has 0 aliphatic carbocycles. The average Bonchev–Trinajstić information content (AvgIpc) is 2.63. The standard InChI is InChI=1S/C20H21ClN2O5/c1-12(2)19(14-5-7-15(21)8-6-14)20(25)28-11-18(24)22-17-10-16(23(26)27)9-4-13(17)3/h4-10,12,19H,11H2,1-3H3,(H,22,24). The van der Waals surface area contributed by atoms with E-state index in [1.54, 1.807) is 31.2 Å². The van der Waals surface area contributed by atoms with Gasteiger partial charge in [-0.2, -0.15) is 0 Å². The van der Waals surface area contributed by atoms with Crippen molar-refractivity contribution in [2.24, 2.45) is 5.92 Å². The molecule has 1 amide bonds. The Bertz CT molecular complexity index is 881. The summed E-state index contributed by atoms with van der Waals surface area (Å²) in [6.07, 6.45) is 0. The van der Waals surface area contributed by atoms with Crippen LogP contribution in [-0.2, 0) is 14.3 Å². The van der Waals surface area contributed by atoms with Crippen LogP contribution in [0.5, 0.6) is 0 Å². The van der Waals surface area contributed by atoms with Crippen molar-refractivity contribution in [3.63, 3.8) is 0 Å². The molecule has 2 rings (SSSR count). The van der Waals surface area contributed by atoms with E-state index in [9.17, 15) is 19.7 Å². The van der Waals surface area contributed by atoms with Crippen LogP contribution in [0.4, 0.5) is 11.4 Å². The lowest BCUT2D eigenvalue weighted by molar-refractivity contribution is -0.384. The Morgan fingerprint density at radius 3 is 2.39 bits per heavy atom. The monoisotopic (exact) mass is 404 g/mol. The number of nitrogens with one attached hydrogen (secondary N) is 1. The second-order valence-corrected chi connectivity index (χ2v) is 7.12. The van der Waals surface area contributed by atoms with Crippen molar-refractivity contribution in [2.45, 2.75) is 26.7 Å². The zero-order valence-electron chi connectivity index (χ0n) is 15.8. The van der Waals surface area contributed by atoms with Gasteiger partial charge in [0.1, 0.15) is 0 Å². The van der Waals surface area contributed by atoms with Crippen molar-refractivity contribution < 1.29 is 19.2 Å². The Labute approximate surface area is 167 Å². The number of halogens is 1. The number of nitrogens with zero attached hydrogens (tertiary/aromatic N) is 1. The van der Waals surface area contributed by atoms with E-state index < -0.39 is 29.3 Å². The zero-order chi connectivity index (χ0) is 20.8. The summed E-state index contributed by atoms with van der Waals surface area (Å²) in [7, 11) is 0. The molecule has 2 aromatic rings. The number of non-ortho nitro benzene ring substituents is 1. The second-order valence-electron chi connectivity index (χ2n) is 6.69. The number of aryl methyl sites for hydroxylation is 1. The van der Waals surface area contributed by atoms with Gasteiger partial charge in [0.25, 0.3) is 11.6 Å². The third-order valence-electron chi connectivity index (χ3n) is 4.20. The normalized spacial score (nSPS) is 11.8. The Morgan fingerprint density at radius 1 is 1.18 bits per heavy atom. The minimum Gasteiger partial charge on any atom is -0.455 e. The number of esters is 1. The van der Waals surface area contributed by atoms with E-state index in [-0.39, 0.29) is 11.6 Å². The van der Waals surface area contributed by atoms with E-state index in [0.29, 0.717) is 16.3 Å². The van der Waals surface area contributed by atoms with Gasteiger partial charge in [-0.15, -0.1) is 0 Å². The van der Waals surface area contributed by atoms with Gasteiger partial charge in [-0.05, 0) is 36.1 Å². The number of ether oxygens (including phenoxy) is 1. The van der Waals surface area contributed by atoms with Gasteiger partial charge in [0.15, 0.2) is 6.61 Å². The lowest BCUT2D eigenvalue weighted by Gasteiger charge is -2.20. The molecule has 0 saturated heterocycles. The molecule has 0 aliphatic heterocycles. The molecule has 2 aromatic carbocycles. The lowest BCUT2D eigenvalue weighted by atomic mass is 9.88. The summed E-state index contributed by atoms with van der Waals surface area (Å²) >= 11 is 5.89. The molecule has 0 aromatic heterocycles. The summed E-state index contributed by atoms with van der Waals surface area (Å²) in [6, 6.07) is 11.0. The number of amides is 1. The first-order chi connectivity index (χ1) is 13.2. The number of nitro benzene ring substituents is 1. The first kappa shape index (κ1) is 21.4. The Balaban J connectivity index is 2.03. The number of rotatable bonds is 7. The summed E-state index contributed by atoms with van der Waals surface area (Å²) in [6.45, 7) is 4.98. The maximum atomic E-state index is 12.5. The third kappa shape index (κ3) is 5.53. The van der Waals surface area contributed by atoms with Gasteiger partial charge < -0.3 is 10.1 Å². The van der Waals surface area contributed by atoms with Crippen LogP contribution in [-0.4, -0.2) is 23.4 Å². The first-order valence-corrected chi connectivity index (χ1v) is 9.04. The van der Waals surface area contributed by atoms with Crippen molar-refractivity contribution in [2.75, 3.05) is 11.9 Å². The highest BCUT2D eigenvalue weighted by molar-refractivity contribution is 6.30. The predicted molar refractivity (Wildman–Crippen MR) is 106 cm³/mol. The van der Waals surface area contributed by atoms with E-state index in [1.807, 2.05) is 13.8 Å². The molecule has 1 unspecified atom stereocenters. The second kappa shape index (κ2) is 9.32. The molecular weight excluding hydrogens is 384 g/mol. The molecule has 0 bridgehead atoms. The Hall–Kier alpha value is -2.93. The molecule has 0 radical (unpaired) electrons. The van der Waals surface area contributed by atoms with Crippen LogP contribution < -0.4 is 5.32 Å². The highest BCUT2D eigenvalue weighted by Crippen LogP contribution is 2.27.